The smallest absolute Gasteiger partial charge is 0.225 e. The molecule has 0 aliphatic carbocycles. The van der Waals surface area contributed by atoms with Crippen LogP contribution >= 0.6 is 23.2 Å². The number of likely N-dealkylation sites (tertiary alicyclic amines) is 1. The number of nitrogens with one attached hydrogen (secondary N) is 1. The summed E-state index contributed by atoms with van der Waals surface area (Å²) in [5, 5.41) is 3.97. The van der Waals surface area contributed by atoms with E-state index in [2.05, 4.69) is 5.32 Å². The molecule has 130 valence electrons. The molecule has 1 atom stereocenters. The second-order valence-electron chi connectivity index (χ2n) is 6.11. The molecular weight excluding hydrogens is 359 g/mol. The Morgan fingerprint density at radius 1 is 1.16 bits per heavy atom. The SMILES string of the molecule is O=C(NCc1cc(Cl)ccc1Cl)C1CC(=O)N(Cc2ccccc2)C1. The Hall–Kier alpha value is -2.04. The lowest BCUT2D eigenvalue weighted by molar-refractivity contribution is -0.129. The van der Waals surface area contributed by atoms with Gasteiger partial charge in [0.15, 0.2) is 0 Å². The Balaban J connectivity index is 1.56. The summed E-state index contributed by atoms with van der Waals surface area (Å²) in [5.74, 6) is -0.473. The number of rotatable bonds is 5. The Morgan fingerprint density at radius 3 is 2.68 bits per heavy atom. The van der Waals surface area contributed by atoms with Crippen LogP contribution in [0.3, 0.4) is 0 Å². The van der Waals surface area contributed by atoms with E-state index in [4.69, 9.17) is 23.2 Å². The highest BCUT2D eigenvalue weighted by atomic mass is 35.5. The molecule has 0 spiro atoms. The highest BCUT2D eigenvalue weighted by molar-refractivity contribution is 6.33. The number of hydrogen-bond acceptors (Lipinski definition) is 2. The lowest BCUT2D eigenvalue weighted by atomic mass is 10.1. The summed E-state index contributed by atoms with van der Waals surface area (Å²) >= 11 is 12.1. The van der Waals surface area contributed by atoms with Gasteiger partial charge in [0.25, 0.3) is 0 Å². The Labute approximate surface area is 156 Å². The van der Waals surface area contributed by atoms with E-state index in [9.17, 15) is 9.59 Å². The maximum atomic E-state index is 12.4. The summed E-state index contributed by atoms with van der Waals surface area (Å²) in [5.41, 5.74) is 1.82. The van der Waals surface area contributed by atoms with E-state index in [0.29, 0.717) is 29.7 Å². The number of halogens is 2. The topological polar surface area (TPSA) is 49.4 Å². The number of benzene rings is 2. The molecular formula is C19H18Cl2N2O2. The third-order valence-corrected chi connectivity index (χ3v) is 4.87. The van der Waals surface area contributed by atoms with Gasteiger partial charge in [-0.3, -0.25) is 9.59 Å². The number of carbonyl (C=O) groups excluding carboxylic acids is 2. The molecule has 4 nitrogen and oxygen atoms in total. The summed E-state index contributed by atoms with van der Waals surface area (Å²) in [6.45, 7) is 1.26. The Morgan fingerprint density at radius 2 is 1.92 bits per heavy atom. The van der Waals surface area contributed by atoms with Gasteiger partial charge in [-0.2, -0.15) is 0 Å². The molecule has 0 radical (unpaired) electrons. The van der Waals surface area contributed by atoms with E-state index in [0.717, 1.165) is 11.1 Å². The summed E-state index contributed by atoms with van der Waals surface area (Å²) in [4.78, 5) is 26.3. The molecule has 25 heavy (non-hydrogen) atoms. The summed E-state index contributed by atoms with van der Waals surface area (Å²) in [6, 6.07) is 14.9. The van der Waals surface area contributed by atoms with Crippen molar-refractivity contribution in [3.63, 3.8) is 0 Å². The predicted octanol–water partition coefficient (Wildman–Crippen LogP) is 3.66. The van der Waals surface area contributed by atoms with Crippen LogP contribution in [0, 0.1) is 5.92 Å². The van der Waals surface area contributed by atoms with E-state index in [1.807, 2.05) is 30.3 Å². The molecule has 0 aromatic heterocycles. The van der Waals surface area contributed by atoms with Crippen LogP contribution in [-0.2, 0) is 22.7 Å². The number of hydrogen-bond donors (Lipinski definition) is 1. The van der Waals surface area contributed by atoms with Crippen LogP contribution in [0.1, 0.15) is 17.5 Å². The standard InChI is InChI=1S/C19H18Cl2N2O2/c20-16-6-7-17(21)14(8-16)10-22-19(25)15-9-18(24)23(12-15)11-13-4-2-1-3-5-13/h1-8,15H,9-12H2,(H,22,25). The zero-order chi connectivity index (χ0) is 17.8. The molecule has 1 heterocycles. The van der Waals surface area contributed by atoms with Crippen LogP contribution in [-0.4, -0.2) is 23.3 Å². The van der Waals surface area contributed by atoms with Gasteiger partial charge in [-0.1, -0.05) is 53.5 Å². The minimum absolute atomic E-state index is 0.00444. The van der Waals surface area contributed by atoms with Gasteiger partial charge < -0.3 is 10.2 Å². The molecule has 2 aromatic carbocycles. The fourth-order valence-electron chi connectivity index (χ4n) is 2.91. The van der Waals surface area contributed by atoms with Crippen LogP contribution in [0.5, 0.6) is 0 Å². The van der Waals surface area contributed by atoms with Gasteiger partial charge in [0.1, 0.15) is 0 Å². The lowest BCUT2D eigenvalue weighted by Gasteiger charge is -2.16. The Bertz CT molecular complexity index is 780. The first kappa shape index (κ1) is 17.8. The molecule has 0 saturated carbocycles. The Kier molecular flexibility index (Phi) is 5.61. The fourth-order valence-corrected chi connectivity index (χ4v) is 3.29. The van der Waals surface area contributed by atoms with Crippen LogP contribution in [0.25, 0.3) is 0 Å². The van der Waals surface area contributed by atoms with E-state index < -0.39 is 0 Å². The third kappa shape index (κ3) is 4.53. The van der Waals surface area contributed by atoms with Gasteiger partial charge >= 0.3 is 0 Å². The second kappa shape index (κ2) is 7.89. The van der Waals surface area contributed by atoms with E-state index in [1.54, 1.807) is 23.1 Å². The highest BCUT2D eigenvalue weighted by Crippen LogP contribution is 2.22. The molecule has 1 aliphatic heterocycles. The van der Waals surface area contributed by atoms with Gasteiger partial charge in [-0.05, 0) is 29.3 Å². The average Bonchev–Trinajstić information content (AvgIpc) is 2.97. The van der Waals surface area contributed by atoms with Gasteiger partial charge in [-0.15, -0.1) is 0 Å². The maximum absolute atomic E-state index is 12.4. The molecule has 2 aromatic rings. The fraction of sp³-hybridized carbons (Fsp3) is 0.263. The van der Waals surface area contributed by atoms with Crippen LogP contribution in [0.15, 0.2) is 48.5 Å². The summed E-state index contributed by atoms with van der Waals surface area (Å²) in [6.07, 6.45) is 0.238. The summed E-state index contributed by atoms with van der Waals surface area (Å²) < 4.78 is 0. The van der Waals surface area contributed by atoms with Crippen molar-refractivity contribution in [1.82, 2.24) is 10.2 Å². The molecule has 1 saturated heterocycles. The number of amides is 2. The minimum Gasteiger partial charge on any atom is -0.352 e. The van der Waals surface area contributed by atoms with Crippen molar-refractivity contribution in [2.45, 2.75) is 19.5 Å². The summed E-state index contributed by atoms with van der Waals surface area (Å²) in [7, 11) is 0. The zero-order valence-electron chi connectivity index (χ0n) is 13.5. The molecule has 2 amide bonds. The van der Waals surface area contributed by atoms with E-state index in [-0.39, 0.29) is 24.2 Å². The molecule has 1 N–H and O–H groups in total. The van der Waals surface area contributed by atoms with E-state index in [1.165, 1.54) is 0 Å². The van der Waals surface area contributed by atoms with Crippen molar-refractivity contribution in [2.75, 3.05) is 6.54 Å². The van der Waals surface area contributed by atoms with E-state index >= 15 is 0 Å². The molecule has 1 aliphatic rings. The van der Waals surface area contributed by atoms with Crippen LogP contribution < -0.4 is 5.32 Å². The van der Waals surface area contributed by atoms with Gasteiger partial charge in [-0.25, -0.2) is 0 Å². The monoisotopic (exact) mass is 376 g/mol. The first-order valence-corrected chi connectivity index (χ1v) is 8.82. The van der Waals surface area contributed by atoms with Crippen molar-refractivity contribution in [1.29, 1.82) is 0 Å². The normalized spacial score (nSPS) is 17.0. The predicted molar refractivity (Wildman–Crippen MR) is 98.3 cm³/mol. The van der Waals surface area contributed by atoms with Crippen molar-refractivity contribution < 1.29 is 9.59 Å². The first-order chi connectivity index (χ1) is 12.0. The minimum atomic E-state index is -0.339. The average molecular weight is 377 g/mol. The highest BCUT2D eigenvalue weighted by Gasteiger charge is 2.34. The van der Waals surface area contributed by atoms with Crippen LogP contribution in [0.4, 0.5) is 0 Å². The molecule has 1 unspecified atom stereocenters. The number of nitrogens with zero attached hydrogens (tertiary/aromatic N) is 1. The second-order valence-corrected chi connectivity index (χ2v) is 6.96. The lowest BCUT2D eigenvalue weighted by Crippen LogP contribution is -2.32. The zero-order valence-corrected chi connectivity index (χ0v) is 15.1. The molecule has 0 bridgehead atoms. The largest absolute Gasteiger partial charge is 0.352 e. The van der Waals surface area contributed by atoms with Crippen molar-refractivity contribution in [3.05, 3.63) is 69.7 Å². The maximum Gasteiger partial charge on any atom is 0.225 e. The first-order valence-electron chi connectivity index (χ1n) is 8.06. The van der Waals surface area contributed by atoms with Crippen molar-refractivity contribution in [3.8, 4) is 0 Å². The molecule has 1 fully saturated rings. The molecule has 3 rings (SSSR count). The van der Waals surface area contributed by atoms with Gasteiger partial charge in [0.2, 0.25) is 11.8 Å². The van der Waals surface area contributed by atoms with Gasteiger partial charge in [0.05, 0.1) is 5.92 Å². The van der Waals surface area contributed by atoms with Crippen molar-refractivity contribution in [2.24, 2.45) is 5.92 Å². The van der Waals surface area contributed by atoms with Gasteiger partial charge in [0, 0.05) is 36.1 Å². The third-order valence-electron chi connectivity index (χ3n) is 4.26. The quantitative estimate of drug-likeness (QED) is 0.865. The molecule has 6 heteroatoms. The van der Waals surface area contributed by atoms with Crippen LogP contribution in [0.2, 0.25) is 10.0 Å². The number of carbonyl (C=O) groups is 2. The van der Waals surface area contributed by atoms with Crippen molar-refractivity contribution >= 4 is 35.0 Å².